The van der Waals surface area contributed by atoms with Gasteiger partial charge in [0.1, 0.15) is 93.1 Å². The Morgan fingerprint density at radius 3 is 0.722 bits per heavy atom. The van der Waals surface area contributed by atoms with Crippen LogP contribution >= 0.6 is 0 Å². The molecule has 15 unspecified atom stereocenters. The van der Waals surface area contributed by atoms with E-state index in [0.717, 1.165) is 0 Å². The lowest BCUT2D eigenvalue weighted by atomic mass is 9.98. The summed E-state index contributed by atoms with van der Waals surface area (Å²) in [4.78, 5) is 13.2. The van der Waals surface area contributed by atoms with E-state index in [1.807, 2.05) is 0 Å². The number of hydrogen-bond acceptors (Lipinski definition) is 21. The van der Waals surface area contributed by atoms with Crippen molar-refractivity contribution < 1.29 is 85.3 Å². The molecule has 0 bridgehead atoms. The van der Waals surface area contributed by atoms with Gasteiger partial charge in [-0.2, -0.15) is 0 Å². The van der Waals surface area contributed by atoms with E-state index in [1.54, 1.807) is 21.3 Å². The monoisotopic (exact) mass is 783 g/mol. The first-order chi connectivity index (χ1) is 26.2. The van der Waals surface area contributed by atoms with Crippen molar-refractivity contribution in [3.05, 3.63) is 0 Å². The van der Waals surface area contributed by atoms with E-state index in [4.69, 9.17) is 85.3 Å². The van der Waals surface area contributed by atoms with Gasteiger partial charge in [-0.1, -0.05) is 0 Å². The Kier molecular flexibility index (Phi) is 18.1. The summed E-state index contributed by atoms with van der Waals surface area (Å²) in [7, 11) is 18.3. The SMILES string of the molecule is COC1OC(COc2nc(OCC3OC(OC)C(OC)C(OC)C3OC)nc(OCC3OC(OC)C(OC)C(OC)C3OC)n2)C(OC)C(OC)C1OC. The molecule has 1 aromatic rings. The highest BCUT2D eigenvalue weighted by Gasteiger charge is 2.50. The largest absolute Gasteiger partial charge is 0.460 e. The second kappa shape index (κ2) is 21.9. The molecule has 0 N–H and O–H groups in total. The van der Waals surface area contributed by atoms with Crippen LogP contribution in [0.3, 0.4) is 0 Å². The molecule has 21 heteroatoms. The van der Waals surface area contributed by atoms with Crippen LogP contribution in [0.1, 0.15) is 0 Å². The van der Waals surface area contributed by atoms with Gasteiger partial charge in [0, 0.05) is 85.3 Å². The third kappa shape index (κ3) is 10.0. The first-order valence-corrected chi connectivity index (χ1v) is 17.2. The van der Waals surface area contributed by atoms with E-state index in [-0.39, 0.29) is 37.9 Å². The van der Waals surface area contributed by atoms with E-state index in [2.05, 4.69) is 15.0 Å². The Labute approximate surface area is 315 Å². The van der Waals surface area contributed by atoms with Crippen molar-refractivity contribution in [1.82, 2.24) is 15.0 Å². The third-order valence-corrected chi connectivity index (χ3v) is 9.62. The average Bonchev–Trinajstić information content (AvgIpc) is 3.21. The highest BCUT2D eigenvalue weighted by Crippen LogP contribution is 2.31. The fraction of sp³-hybridized carbons (Fsp3) is 0.909. The minimum atomic E-state index is -0.779. The average molecular weight is 784 g/mol. The molecular formula is C33H57N3O18. The fourth-order valence-corrected chi connectivity index (χ4v) is 7.00. The molecule has 3 fully saturated rings. The number of nitrogens with zero attached hydrogens (tertiary/aromatic N) is 3. The number of methoxy groups -OCH3 is 12. The summed E-state index contributed by atoms with van der Waals surface area (Å²) in [5, 5.41) is 0. The van der Waals surface area contributed by atoms with Crippen LogP contribution in [0.25, 0.3) is 0 Å². The van der Waals surface area contributed by atoms with Crippen LogP contribution in [0.2, 0.25) is 0 Å². The third-order valence-electron chi connectivity index (χ3n) is 9.62. The second-order valence-corrected chi connectivity index (χ2v) is 12.3. The normalized spacial score (nSPS) is 37.2. The zero-order valence-electron chi connectivity index (χ0n) is 33.0. The summed E-state index contributed by atoms with van der Waals surface area (Å²) in [5.74, 6) is 0. The van der Waals surface area contributed by atoms with E-state index < -0.39 is 92.1 Å². The number of rotatable bonds is 21. The van der Waals surface area contributed by atoms with Gasteiger partial charge in [-0.15, -0.1) is 15.0 Å². The molecule has 1 aromatic heterocycles. The van der Waals surface area contributed by atoms with Crippen molar-refractivity contribution in [2.24, 2.45) is 0 Å². The van der Waals surface area contributed by atoms with Crippen molar-refractivity contribution in [2.75, 3.05) is 105 Å². The Bertz CT molecular complexity index is 1070. The van der Waals surface area contributed by atoms with Gasteiger partial charge in [-0.25, -0.2) is 0 Å². The summed E-state index contributed by atoms with van der Waals surface area (Å²) >= 11 is 0. The zero-order valence-corrected chi connectivity index (χ0v) is 33.0. The lowest BCUT2D eigenvalue weighted by molar-refractivity contribution is -0.306. The highest BCUT2D eigenvalue weighted by atomic mass is 16.7. The molecule has 0 aliphatic carbocycles. The topological polar surface area (TPSA) is 205 Å². The van der Waals surface area contributed by atoms with Crippen molar-refractivity contribution in [3.8, 4) is 18.0 Å². The lowest BCUT2D eigenvalue weighted by Gasteiger charge is -2.44. The van der Waals surface area contributed by atoms with Crippen LogP contribution < -0.4 is 14.2 Å². The molecule has 3 aliphatic rings. The number of hydrogen-bond donors (Lipinski definition) is 0. The highest BCUT2D eigenvalue weighted by molar-refractivity contribution is 5.10. The molecule has 3 saturated heterocycles. The summed E-state index contributed by atoms with van der Waals surface area (Å²) in [5.41, 5.74) is 0. The van der Waals surface area contributed by atoms with Crippen molar-refractivity contribution in [3.63, 3.8) is 0 Å². The molecule has 0 saturated carbocycles. The molecule has 21 nitrogen and oxygen atoms in total. The van der Waals surface area contributed by atoms with Crippen LogP contribution in [-0.4, -0.2) is 212 Å². The van der Waals surface area contributed by atoms with Gasteiger partial charge in [0.25, 0.3) is 0 Å². The smallest absolute Gasteiger partial charge is 0.325 e. The van der Waals surface area contributed by atoms with E-state index in [9.17, 15) is 0 Å². The van der Waals surface area contributed by atoms with E-state index in [0.29, 0.717) is 0 Å². The minimum Gasteiger partial charge on any atom is -0.460 e. The van der Waals surface area contributed by atoms with Gasteiger partial charge >= 0.3 is 18.0 Å². The van der Waals surface area contributed by atoms with E-state index in [1.165, 1.54) is 64.0 Å². The Morgan fingerprint density at radius 1 is 0.315 bits per heavy atom. The molecule has 4 heterocycles. The lowest BCUT2D eigenvalue weighted by Crippen LogP contribution is -2.61. The van der Waals surface area contributed by atoms with Crippen LogP contribution in [0.5, 0.6) is 18.0 Å². The maximum atomic E-state index is 6.14. The first-order valence-electron chi connectivity index (χ1n) is 17.2. The first kappa shape index (κ1) is 44.5. The molecule has 4 rings (SSSR count). The summed E-state index contributed by atoms with van der Waals surface area (Å²) < 4.78 is 104. The fourth-order valence-electron chi connectivity index (χ4n) is 7.00. The molecule has 3 aliphatic heterocycles. The van der Waals surface area contributed by atoms with Crippen molar-refractivity contribution in [1.29, 1.82) is 0 Å². The van der Waals surface area contributed by atoms with Gasteiger partial charge in [-0.05, 0) is 0 Å². The maximum Gasteiger partial charge on any atom is 0.325 e. The molecule has 312 valence electrons. The van der Waals surface area contributed by atoms with Crippen LogP contribution in [0.4, 0.5) is 0 Å². The number of aromatic nitrogens is 3. The summed E-state index contributed by atoms with van der Waals surface area (Å²) in [6.07, 6.45) is -9.63. The van der Waals surface area contributed by atoms with Gasteiger partial charge in [0.2, 0.25) is 0 Å². The summed E-state index contributed by atoms with van der Waals surface area (Å²) in [6.45, 7) is -0.293. The maximum absolute atomic E-state index is 6.14. The molecule has 54 heavy (non-hydrogen) atoms. The van der Waals surface area contributed by atoms with Crippen molar-refractivity contribution >= 4 is 0 Å². The van der Waals surface area contributed by atoms with Gasteiger partial charge < -0.3 is 85.3 Å². The Hall–Kier alpha value is -2.19. The predicted molar refractivity (Wildman–Crippen MR) is 180 cm³/mol. The van der Waals surface area contributed by atoms with E-state index >= 15 is 0 Å². The molecule has 0 radical (unpaired) electrons. The minimum absolute atomic E-state index is 0.0978. The predicted octanol–water partition coefficient (Wildman–Crippen LogP) is -0.743. The van der Waals surface area contributed by atoms with Crippen molar-refractivity contribution in [2.45, 2.75) is 92.1 Å². The number of ether oxygens (including phenoxy) is 18. The standard InChI is InChI=1S/C33H57N3O18/c1-37-19-16(52-28(46-10)25(43-7)22(19)40-4)13-49-31-34-32(50-14-17-20(38-2)23(41-5)26(44-8)29(47-11)53-17)36-33(35-31)51-15-18-21(39-3)24(42-6)27(45-9)30(48-12)54-18/h16-30H,13-15H2,1-12H3. The second-order valence-electron chi connectivity index (χ2n) is 12.3. The molecule has 0 amide bonds. The van der Waals surface area contributed by atoms with Crippen LogP contribution in [-0.2, 0) is 71.1 Å². The van der Waals surface area contributed by atoms with Crippen LogP contribution in [0.15, 0.2) is 0 Å². The molecular weight excluding hydrogens is 726 g/mol. The van der Waals surface area contributed by atoms with Gasteiger partial charge in [0.15, 0.2) is 18.9 Å². The van der Waals surface area contributed by atoms with Gasteiger partial charge in [0.05, 0.1) is 0 Å². The molecule has 15 atom stereocenters. The van der Waals surface area contributed by atoms with Crippen LogP contribution in [0, 0.1) is 0 Å². The quantitative estimate of drug-likeness (QED) is 0.151. The Morgan fingerprint density at radius 2 is 0.537 bits per heavy atom. The summed E-state index contributed by atoms with van der Waals surface area (Å²) in [6, 6.07) is -0.461. The molecule has 0 spiro atoms. The Balaban J connectivity index is 1.59. The zero-order chi connectivity index (χ0) is 39.4. The van der Waals surface area contributed by atoms with Gasteiger partial charge in [-0.3, -0.25) is 0 Å². The molecule has 0 aromatic carbocycles.